The quantitative estimate of drug-likeness (QED) is 0.123. The van der Waals surface area contributed by atoms with Gasteiger partial charge < -0.3 is 15.0 Å². The van der Waals surface area contributed by atoms with Crippen LogP contribution < -0.4 is 5.32 Å². The fourth-order valence-electron chi connectivity index (χ4n) is 4.84. The van der Waals surface area contributed by atoms with Gasteiger partial charge in [-0.15, -0.1) is 0 Å². The summed E-state index contributed by atoms with van der Waals surface area (Å²) in [6, 6.07) is 18.3. The fraction of sp³-hybridized carbons (Fsp3) is 0.447. The van der Waals surface area contributed by atoms with E-state index in [-0.39, 0.29) is 24.9 Å². The number of hydrogen-bond donors (Lipinski definition) is 1. The van der Waals surface area contributed by atoms with Crippen LogP contribution in [0, 0.1) is 23.4 Å². The van der Waals surface area contributed by atoms with E-state index in [1.54, 1.807) is 24.3 Å². The minimum atomic E-state index is -1.02. The van der Waals surface area contributed by atoms with Gasteiger partial charge in [0.2, 0.25) is 0 Å². The van der Waals surface area contributed by atoms with Crippen LogP contribution in [0.3, 0.4) is 0 Å². The molecule has 0 aliphatic rings. The van der Waals surface area contributed by atoms with Gasteiger partial charge >= 0.3 is 6.03 Å². The number of hydrogen-bond acceptors (Lipinski definition) is 4. The van der Waals surface area contributed by atoms with E-state index in [2.05, 4.69) is 33.0 Å². The van der Waals surface area contributed by atoms with Crippen LogP contribution >= 0.6 is 0 Å². The maximum atomic E-state index is 13.5. The highest BCUT2D eigenvalue weighted by atomic mass is 19.2. The molecule has 0 aliphatic heterocycles. The van der Waals surface area contributed by atoms with E-state index in [9.17, 15) is 27.6 Å². The summed E-state index contributed by atoms with van der Waals surface area (Å²) in [5.74, 6) is -0.913. The summed E-state index contributed by atoms with van der Waals surface area (Å²) in [7, 11) is 1.52. The van der Waals surface area contributed by atoms with E-state index in [4.69, 9.17) is 4.74 Å². The largest absolute Gasteiger partial charge is 0.465 e. The van der Waals surface area contributed by atoms with E-state index in [0.29, 0.717) is 23.9 Å². The van der Waals surface area contributed by atoms with Crippen LogP contribution in [-0.2, 0) is 9.53 Å². The first-order chi connectivity index (χ1) is 22.6. The molecular weight excluding hydrogens is 605 g/mol. The number of nitrogens with one attached hydrogen (secondary N) is 1. The third-order valence-corrected chi connectivity index (χ3v) is 7.84. The molecule has 0 aromatic heterocycles. The average molecular weight is 657 g/mol. The first-order valence-electron chi connectivity index (χ1n) is 16.4. The Bertz CT molecular complexity index is 1290. The number of halogens is 3. The molecule has 6 nitrogen and oxygen atoms in total. The minimum absolute atomic E-state index is 0.138. The van der Waals surface area contributed by atoms with Crippen molar-refractivity contribution >= 4 is 18.8 Å². The second-order valence-electron chi connectivity index (χ2n) is 11.5. The zero-order valence-corrected chi connectivity index (χ0v) is 28.4. The van der Waals surface area contributed by atoms with Crippen LogP contribution in [0.25, 0.3) is 0 Å². The standard InChI is InChI=1S/C18H26F2N2O3.C13H19F.C7H6O/c1-4-13(2)6-5-9-21-18(24)22(3)17(11-25-12-23)14-7-8-15(19)16(20)10-14;1-3-5-11(6-4-2)12-7-9-13(14)10-8-12;8-6-7-4-2-1-3-5-7/h7-8,10,12-13,17H,4-6,9,11H2,1-3H3,(H,21,24);7-11H,3-6H2,1-2H3;1-6H. The summed E-state index contributed by atoms with van der Waals surface area (Å²) in [5.41, 5.74) is 2.36. The Morgan fingerprint density at radius 1 is 0.851 bits per heavy atom. The molecule has 0 spiro atoms. The number of nitrogens with zero attached hydrogens (tertiary/aromatic N) is 1. The number of carbonyl (C=O) groups excluding carboxylic acids is 3. The molecule has 0 heterocycles. The first-order valence-corrected chi connectivity index (χ1v) is 16.4. The molecule has 9 heteroatoms. The smallest absolute Gasteiger partial charge is 0.317 e. The van der Waals surface area contributed by atoms with Crippen molar-refractivity contribution in [2.45, 2.75) is 84.6 Å². The number of urea groups is 1. The third-order valence-electron chi connectivity index (χ3n) is 7.84. The highest BCUT2D eigenvalue weighted by Gasteiger charge is 2.23. The lowest BCUT2D eigenvalue weighted by Gasteiger charge is -2.28. The summed E-state index contributed by atoms with van der Waals surface area (Å²) in [4.78, 5) is 34.1. The van der Waals surface area contributed by atoms with Crippen molar-refractivity contribution in [3.63, 3.8) is 0 Å². The molecule has 2 atom stereocenters. The number of likely N-dealkylation sites (N-methyl/N-ethyl adjacent to an activating group) is 1. The van der Waals surface area contributed by atoms with Gasteiger partial charge in [0.05, 0.1) is 6.04 Å². The number of carbonyl (C=O) groups is 3. The van der Waals surface area contributed by atoms with Gasteiger partial charge in [-0.3, -0.25) is 9.59 Å². The lowest BCUT2D eigenvalue weighted by Crippen LogP contribution is -2.41. The van der Waals surface area contributed by atoms with Crippen LogP contribution in [0.4, 0.5) is 18.0 Å². The molecule has 0 saturated carbocycles. The Labute approximate surface area is 278 Å². The molecule has 0 radical (unpaired) electrons. The second-order valence-corrected chi connectivity index (χ2v) is 11.5. The van der Waals surface area contributed by atoms with E-state index < -0.39 is 17.7 Å². The number of amides is 2. The number of ether oxygens (including phenoxy) is 1. The number of benzene rings is 3. The van der Waals surface area contributed by atoms with Crippen LogP contribution in [0.1, 0.15) is 106 Å². The van der Waals surface area contributed by atoms with Crippen molar-refractivity contribution in [3.8, 4) is 0 Å². The third kappa shape index (κ3) is 16.3. The zero-order valence-electron chi connectivity index (χ0n) is 28.4. The lowest BCUT2D eigenvalue weighted by molar-refractivity contribution is -0.130. The average Bonchev–Trinajstić information content (AvgIpc) is 3.09. The Morgan fingerprint density at radius 2 is 1.47 bits per heavy atom. The van der Waals surface area contributed by atoms with Crippen molar-refractivity contribution < 1.29 is 32.3 Å². The summed E-state index contributed by atoms with van der Waals surface area (Å²) in [5, 5.41) is 2.79. The molecule has 1 N–H and O–H groups in total. The van der Waals surface area contributed by atoms with Crippen LogP contribution in [0.2, 0.25) is 0 Å². The topological polar surface area (TPSA) is 75.7 Å². The molecule has 47 heavy (non-hydrogen) atoms. The van der Waals surface area contributed by atoms with Gasteiger partial charge in [-0.25, -0.2) is 18.0 Å². The van der Waals surface area contributed by atoms with Gasteiger partial charge in [-0.2, -0.15) is 0 Å². The summed E-state index contributed by atoms with van der Waals surface area (Å²) >= 11 is 0. The summed E-state index contributed by atoms with van der Waals surface area (Å²) in [6.07, 6.45) is 8.61. The molecule has 3 aromatic rings. The van der Waals surface area contributed by atoms with Gasteiger partial charge in [0, 0.05) is 19.2 Å². The second kappa shape index (κ2) is 24.1. The molecule has 3 aromatic carbocycles. The Balaban J connectivity index is 0.000000415. The molecule has 2 unspecified atom stereocenters. The molecule has 3 rings (SSSR count). The lowest BCUT2D eigenvalue weighted by atomic mass is 9.90. The van der Waals surface area contributed by atoms with Gasteiger partial charge in [0.1, 0.15) is 18.7 Å². The number of rotatable bonds is 16. The zero-order chi connectivity index (χ0) is 35.0. The predicted molar refractivity (Wildman–Crippen MR) is 182 cm³/mol. The van der Waals surface area contributed by atoms with Crippen molar-refractivity contribution in [2.24, 2.45) is 5.92 Å². The molecule has 0 bridgehead atoms. The van der Waals surface area contributed by atoms with Gasteiger partial charge in [0.25, 0.3) is 6.47 Å². The summed E-state index contributed by atoms with van der Waals surface area (Å²) in [6.45, 7) is 9.31. The van der Waals surface area contributed by atoms with E-state index >= 15 is 0 Å². The minimum Gasteiger partial charge on any atom is -0.465 e. The maximum absolute atomic E-state index is 13.5. The monoisotopic (exact) mass is 656 g/mol. The molecule has 258 valence electrons. The van der Waals surface area contributed by atoms with Crippen molar-refractivity contribution in [1.29, 1.82) is 0 Å². The number of aldehydes is 1. The van der Waals surface area contributed by atoms with Gasteiger partial charge in [-0.05, 0) is 72.9 Å². The SMILES string of the molecule is CCC(C)CCCNC(=O)N(C)C(COC=O)c1ccc(F)c(F)c1.CCCC(CCC)c1ccc(F)cc1.O=Cc1ccccc1. The van der Waals surface area contributed by atoms with E-state index in [1.165, 1.54) is 49.3 Å². The maximum Gasteiger partial charge on any atom is 0.317 e. The first kappa shape index (κ1) is 40.9. The molecule has 2 amide bonds. The van der Waals surface area contributed by atoms with Crippen LogP contribution in [-0.4, -0.2) is 43.9 Å². The Kier molecular flexibility index (Phi) is 21.0. The van der Waals surface area contributed by atoms with Crippen molar-refractivity contribution in [2.75, 3.05) is 20.2 Å². The Morgan fingerprint density at radius 3 is 1.98 bits per heavy atom. The van der Waals surface area contributed by atoms with E-state index in [0.717, 1.165) is 43.2 Å². The van der Waals surface area contributed by atoms with Gasteiger partial charge in [-0.1, -0.05) is 95.5 Å². The Hall–Kier alpha value is -4.14. The van der Waals surface area contributed by atoms with Crippen LogP contribution in [0.15, 0.2) is 72.8 Å². The molecule has 0 aliphatic carbocycles. The predicted octanol–water partition coefficient (Wildman–Crippen LogP) is 9.66. The summed E-state index contributed by atoms with van der Waals surface area (Å²) < 4.78 is 44.1. The molecule has 0 fully saturated rings. The van der Waals surface area contributed by atoms with Gasteiger partial charge in [0.15, 0.2) is 11.6 Å². The van der Waals surface area contributed by atoms with Crippen molar-refractivity contribution in [1.82, 2.24) is 10.2 Å². The molecule has 0 saturated heterocycles. The fourth-order valence-corrected chi connectivity index (χ4v) is 4.84. The van der Waals surface area contributed by atoms with Crippen molar-refractivity contribution in [3.05, 3.63) is 107 Å². The molecular formula is C38H51F3N2O4. The highest BCUT2D eigenvalue weighted by molar-refractivity contribution is 5.74. The normalized spacial score (nSPS) is 11.6. The van der Waals surface area contributed by atoms with Crippen LogP contribution in [0.5, 0.6) is 0 Å². The van der Waals surface area contributed by atoms with E-state index in [1.807, 2.05) is 30.3 Å². The highest BCUT2D eigenvalue weighted by Crippen LogP contribution is 2.26.